The molecular weight excluding hydrogens is 960 g/mol. The molecule has 8 nitrogen and oxygen atoms in total. The lowest BCUT2D eigenvalue weighted by atomic mass is 10.0. The lowest BCUT2D eigenvalue weighted by Crippen LogP contribution is -2.46. The van der Waals surface area contributed by atoms with Crippen molar-refractivity contribution in [1.82, 2.24) is 5.32 Å². The third kappa shape index (κ3) is 61.1. The van der Waals surface area contributed by atoms with Crippen molar-refractivity contribution in [1.29, 1.82) is 0 Å². The molecule has 0 aromatic heterocycles. The van der Waals surface area contributed by atoms with E-state index >= 15 is 0 Å². The average Bonchev–Trinajstić information content (AvgIpc) is 3.38. The largest absolute Gasteiger partial charge is 0.472 e. The predicted octanol–water partition coefficient (Wildman–Crippen LogP) is 21.6. The van der Waals surface area contributed by atoms with Gasteiger partial charge in [-0.3, -0.25) is 13.8 Å². The summed E-state index contributed by atoms with van der Waals surface area (Å²) in [6.07, 6.45) is 73.4. The number of aliphatic hydroxyl groups excluding tert-OH is 1. The quantitative estimate of drug-likeness (QED) is 0.0318. The van der Waals surface area contributed by atoms with Crippen molar-refractivity contribution in [2.45, 2.75) is 386 Å². The molecule has 76 heavy (non-hydrogen) atoms. The van der Waals surface area contributed by atoms with Crippen LogP contribution >= 0.6 is 7.82 Å². The molecule has 0 aromatic rings. The van der Waals surface area contributed by atoms with Crippen molar-refractivity contribution in [3.63, 3.8) is 0 Å². The zero-order valence-electron chi connectivity index (χ0n) is 52.3. The van der Waals surface area contributed by atoms with E-state index in [-0.39, 0.29) is 19.1 Å². The fraction of sp³-hybridized carbons (Fsp3) is 0.985. The molecule has 0 heterocycles. The molecule has 0 radical (unpaired) electrons. The molecule has 0 spiro atoms. The van der Waals surface area contributed by atoms with Crippen molar-refractivity contribution >= 4 is 13.7 Å². The van der Waals surface area contributed by atoms with E-state index < -0.39 is 20.0 Å². The lowest BCUT2D eigenvalue weighted by molar-refractivity contribution is -0.870. The van der Waals surface area contributed by atoms with Crippen LogP contribution in [0.3, 0.4) is 0 Å². The summed E-state index contributed by atoms with van der Waals surface area (Å²) >= 11 is 0. The fourth-order valence-corrected chi connectivity index (χ4v) is 11.7. The van der Waals surface area contributed by atoms with Crippen LogP contribution in [0.15, 0.2) is 0 Å². The Labute approximate surface area is 476 Å². The molecule has 0 aliphatic rings. The van der Waals surface area contributed by atoms with Gasteiger partial charge in [-0.2, -0.15) is 0 Å². The number of aliphatic hydroxyl groups is 1. The standard InChI is InChI=1S/C67H137N2O6P/c1-6-8-10-12-14-16-18-20-22-24-26-28-30-32-33-34-35-36-37-39-41-43-45-47-49-51-53-55-57-59-61-67(71)68-65(64-75-76(72,73)74-63-62-69(3,4)5)66(70)60-58-56-54-52-50-48-46-44-42-40-38-31-29-27-25-23-21-19-17-15-13-11-9-7-2/h65-66,70H,6-64H2,1-5H3,(H-,68,71,72,73)/p+1. The molecule has 0 aromatic carbocycles. The van der Waals surface area contributed by atoms with Crippen LogP contribution in [-0.4, -0.2) is 73.4 Å². The topological polar surface area (TPSA) is 105 Å². The van der Waals surface area contributed by atoms with Crippen LogP contribution in [0.25, 0.3) is 0 Å². The van der Waals surface area contributed by atoms with Gasteiger partial charge in [-0.25, -0.2) is 4.57 Å². The SMILES string of the molecule is CCCCCCCCCCCCCCCCCCCCCCCCCCCCCCCCC(=O)NC(COP(=O)(O)OCC[N+](C)(C)C)C(O)CCCCCCCCCCCCCCCCCCCCCCCCCC. The molecular formula is C67H138N2O6P+. The van der Waals surface area contributed by atoms with Crippen molar-refractivity contribution in [3.8, 4) is 0 Å². The second kappa shape index (κ2) is 59.1. The molecule has 0 bridgehead atoms. The van der Waals surface area contributed by atoms with Gasteiger partial charge in [-0.15, -0.1) is 0 Å². The van der Waals surface area contributed by atoms with Gasteiger partial charge in [-0.1, -0.05) is 354 Å². The average molecular weight is 1100 g/mol. The molecule has 456 valence electrons. The summed E-state index contributed by atoms with van der Waals surface area (Å²) in [7, 11) is 1.64. The Morgan fingerprint density at radius 1 is 0.395 bits per heavy atom. The second-order valence-corrected chi connectivity index (χ2v) is 26.7. The van der Waals surface area contributed by atoms with Crippen LogP contribution < -0.4 is 5.32 Å². The Hall–Kier alpha value is -0.500. The molecule has 0 saturated carbocycles. The highest BCUT2D eigenvalue weighted by Crippen LogP contribution is 2.43. The first-order chi connectivity index (χ1) is 37.0. The van der Waals surface area contributed by atoms with E-state index in [1.807, 2.05) is 21.1 Å². The highest BCUT2D eigenvalue weighted by Gasteiger charge is 2.28. The summed E-state index contributed by atoms with van der Waals surface area (Å²) in [6.45, 7) is 4.97. The number of hydrogen-bond donors (Lipinski definition) is 3. The number of nitrogens with one attached hydrogen (secondary N) is 1. The van der Waals surface area contributed by atoms with Crippen LogP contribution in [0, 0.1) is 0 Å². The molecule has 9 heteroatoms. The molecule has 1 amide bonds. The lowest BCUT2D eigenvalue weighted by Gasteiger charge is -2.26. The van der Waals surface area contributed by atoms with Gasteiger partial charge in [-0.05, 0) is 12.8 Å². The van der Waals surface area contributed by atoms with Crippen LogP contribution in [0.2, 0.25) is 0 Å². The summed E-state index contributed by atoms with van der Waals surface area (Å²) in [6, 6.07) is -0.756. The molecule has 0 saturated heterocycles. The fourth-order valence-electron chi connectivity index (χ4n) is 11.0. The van der Waals surface area contributed by atoms with Crippen LogP contribution in [-0.2, 0) is 18.4 Å². The summed E-state index contributed by atoms with van der Waals surface area (Å²) in [5, 5.41) is 14.1. The molecule has 3 unspecified atom stereocenters. The highest BCUT2D eigenvalue weighted by molar-refractivity contribution is 7.47. The third-order valence-electron chi connectivity index (χ3n) is 16.4. The van der Waals surface area contributed by atoms with Gasteiger partial charge in [0, 0.05) is 6.42 Å². The van der Waals surface area contributed by atoms with Crippen molar-refractivity contribution in [2.24, 2.45) is 0 Å². The smallest absolute Gasteiger partial charge is 0.391 e. The highest BCUT2D eigenvalue weighted by atomic mass is 31.2. The monoisotopic (exact) mass is 1100 g/mol. The van der Waals surface area contributed by atoms with E-state index in [0.717, 1.165) is 38.5 Å². The first kappa shape index (κ1) is 75.5. The van der Waals surface area contributed by atoms with Gasteiger partial charge in [0.2, 0.25) is 5.91 Å². The number of carbonyl (C=O) groups excluding carboxylic acids is 1. The number of unbranched alkanes of at least 4 members (excludes halogenated alkanes) is 52. The number of phosphoric ester groups is 1. The van der Waals surface area contributed by atoms with E-state index in [1.54, 1.807) is 0 Å². The Morgan fingerprint density at radius 2 is 0.632 bits per heavy atom. The molecule has 0 fully saturated rings. The van der Waals surface area contributed by atoms with Gasteiger partial charge in [0.05, 0.1) is 39.9 Å². The van der Waals surface area contributed by atoms with E-state index in [0.29, 0.717) is 23.9 Å². The number of amides is 1. The Bertz CT molecular complexity index is 1200. The number of likely N-dealkylation sites (N-methyl/N-ethyl adjacent to an activating group) is 1. The van der Waals surface area contributed by atoms with Crippen LogP contribution in [0.5, 0.6) is 0 Å². The zero-order valence-corrected chi connectivity index (χ0v) is 53.2. The Balaban J connectivity index is 3.99. The maximum Gasteiger partial charge on any atom is 0.472 e. The zero-order chi connectivity index (χ0) is 55.6. The number of quaternary nitrogens is 1. The summed E-state index contributed by atoms with van der Waals surface area (Å²) < 4.78 is 23.9. The van der Waals surface area contributed by atoms with Crippen molar-refractivity contribution in [2.75, 3.05) is 40.9 Å². The summed E-state index contributed by atoms with van der Waals surface area (Å²) in [5.41, 5.74) is 0. The molecule has 3 atom stereocenters. The minimum absolute atomic E-state index is 0.0794. The Morgan fingerprint density at radius 3 is 0.882 bits per heavy atom. The molecule has 0 aliphatic heterocycles. The van der Waals surface area contributed by atoms with E-state index in [4.69, 9.17) is 9.05 Å². The van der Waals surface area contributed by atoms with Gasteiger partial charge in [0.25, 0.3) is 0 Å². The van der Waals surface area contributed by atoms with Gasteiger partial charge in [0.1, 0.15) is 13.2 Å². The summed E-state index contributed by atoms with van der Waals surface area (Å²) in [4.78, 5) is 23.4. The number of rotatable bonds is 65. The maximum atomic E-state index is 13.1. The van der Waals surface area contributed by atoms with Crippen LogP contribution in [0.4, 0.5) is 0 Å². The van der Waals surface area contributed by atoms with Gasteiger partial charge < -0.3 is 19.8 Å². The van der Waals surface area contributed by atoms with Gasteiger partial charge >= 0.3 is 7.82 Å². The van der Waals surface area contributed by atoms with Crippen molar-refractivity contribution < 1.29 is 32.9 Å². The normalized spacial score (nSPS) is 13.6. The van der Waals surface area contributed by atoms with Crippen LogP contribution in [0.1, 0.15) is 373 Å². The maximum absolute atomic E-state index is 13.1. The first-order valence-electron chi connectivity index (χ1n) is 34.4. The minimum Gasteiger partial charge on any atom is -0.391 e. The van der Waals surface area contributed by atoms with E-state index in [1.165, 1.54) is 308 Å². The minimum atomic E-state index is -4.32. The first-order valence-corrected chi connectivity index (χ1v) is 35.9. The summed E-state index contributed by atoms with van der Waals surface area (Å²) in [5.74, 6) is -0.133. The number of carbonyl (C=O) groups is 1. The van der Waals surface area contributed by atoms with Crippen molar-refractivity contribution in [3.05, 3.63) is 0 Å². The molecule has 3 N–H and O–H groups in total. The van der Waals surface area contributed by atoms with E-state index in [2.05, 4.69) is 19.2 Å². The van der Waals surface area contributed by atoms with Gasteiger partial charge in [0.15, 0.2) is 0 Å². The van der Waals surface area contributed by atoms with E-state index in [9.17, 15) is 19.4 Å². The second-order valence-electron chi connectivity index (χ2n) is 25.3. The third-order valence-corrected chi connectivity index (χ3v) is 17.3. The number of hydrogen-bond acceptors (Lipinski definition) is 5. The number of phosphoric acid groups is 1. The Kier molecular flexibility index (Phi) is 58.7. The molecule has 0 aliphatic carbocycles. The molecule has 0 rings (SSSR count). The predicted molar refractivity (Wildman–Crippen MR) is 332 cm³/mol. The number of nitrogens with zero attached hydrogens (tertiary/aromatic N) is 1.